The second-order valence-electron chi connectivity index (χ2n) is 7.32. The van der Waals surface area contributed by atoms with Gasteiger partial charge in [-0.1, -0.05) is 30.3 Å². The maximum atomic E-state index is 13.0. The third kappa shape index (κ3) is 4.26. The molecule has 4 rings (SSSR count). The van der Waals surface area contributed by atoms with Crippen LogP contribution in [-0.2, 0) is 11.2 Å². The lowest BCUT2D eigenvalue weighted by atomic mass is 10.0. The van der Waals surface area contributed by atoms with Gasteiger partial charge >= 0.3 is 0 Å². The number of rotatable bonds is 5. The van der Waals surface area contributed by atoms with Gasteiger partial charge in [0.15, 0.2) is 0 Å². The topological polar surface area (TPSA) is 64.8 Å². The number of carbonyl (C=O) groups is 1. The van der Waals surface area contributed by atoms with E-state index in [2.05, 4.69) is 18.2 Å². The van der Waals surface area contributed by atoms with E-state index >= 15 is 0 Å². The zero-order chi connectivity index (χ0) is 20.2. The molecule has 150 valence electrons. The number of benzene rings is 3. The second kappa shape index (κ2) is 8.64. The summed E-state index contributed by atoms with van der Waals surface area (Å²) < 4.78 is 11.3. The van der Waals surface area contributed by atoms with Crippen molar-refractivity contribution in [1.29, 1.82) is 0 Å². The third-order valence-corrected chi connectivity index (χ3v) is 5.43. The minimum absolute atomic E-state index is 0.0446. The Kier molecular flexibility index (Phi) is 5.79. The number of amides is 1. The van der Waals surface area contributed by atoms with Gasteiger partial charge in [-0.3, -0.25) is 4.79 Å². The van der Waals surface area contributed by atoms with Crippen LogP contribution < -0.4 is 10.5 Å². The Morgan fingerprint density at radius 3 is 2.62 bits per heavy atom. The van der Waals surface area contributed by atoms with Crippen molar-refractivity contribution >= 4 is 16.7 Å². The van der Waals surface area contributed by atoms with Gasteiger partial charge in [-0.05, 0) is 65.2 Å². The minimum Gasteiger partial charge on any atom is -0.497 e. The largest absolute Gasteiger partial charge is 0.497 e. The molecule has 1 amide bonds. The zero-order valence-electron chi connectivity index (χ0n) is 16.6. The third-order valence-electron chi connectivity index (χ3n) is 5.43. The van der Waals surface area contributed by atoms with Gasteiger partial charge in [0.2, 0.25) is 0 Å². The fourth-order valence-corrected chi connectivity index (χ4v) is 3.77. The maximum absolute atomic E-state index is 13.0. The molecule has 0 saturated carbocycles. The summed E-state index contributed by atoms with van der Waals surface area (Å²) in [5, 5.41) is 2.25. The first kappa shape index (κ1) is 19.4. The van der Waals surface area contributed by atoms with Crippen molar-refractivity contribution in [2.75, 3.05) is 33.4 Å². The number of methoxy groups -OCH3 is 1. The lowest BCUT2D eigenvalue weighted by Crippen LogP contribution is -2.42. The average molecular weight is 390 g/mol. The molecular weight excluding hydrogens is 364 g/mol. The van der Waals surface area contributed by atoms with Gasteiger partial charge in [-0.2, -0.15) is 0 Å². The van der Waals surface area contributed by atoms with E-state index in [9.17, 15) is 4.79 Å². The van der Waals surface area contributed by atoms with E-state index in [1.165, 1.54) is 0 Å². The van der Waals surface area contributed by atoms with Crippen LogP contribution in [0.25, 0.3) is 10.8 Å². The van der Waals surface area contributed by atoms with Crippen molar-refractivity contribution in [3.63, 3.8) is 0 Å². The normalized spacial score (nSPS) is 16.8. The number of hydrogen-bond acceptors (Lipinski definition) is 4. The van der Waals surface area contributed by atoms with E-state index in [4.69, 9.17) is 15.2 Å². The molecule has 1 saturated heterocycles. The molecule has 1 atom stereocenters. The second-order valence-corrected chi connectivity index (χ2v) is 7.32. The number of carbonyl (C=O) groups excluding carboxylic acids is 1. The summed E-state index contributed by atoms with van der Waals surface area (Å²) >= 11 is 0. The van der Waals surface area contributed by atoms with Crippen molar-refractivity contribution in [3.8, 4) is 5.75 Å². The summed E-state index contributed by atoms with van der Waals surface area (Å²) in [6, 6.07) is 20.0. The summed E-state index contributed by atoms with van der Waals surface area (Å²) in [7, 11) is 1.67. The van der Waals surface area contributed by atoms with E-state index in [0.717, 1.165) is 34.1 Å². The van der Waals surface area contributed by atoms with Crippen molar-refractivity contribution in [1.82, 2.24) is 4.90 Å². The Bertz CT molecular complexity index is 1000. The molecule has 5 nitrogen and oxygen atoms in total. The predicted octanol–water partition coefficient (Wildman–Crippen LogP) is 3.56. The fourth-order valence-electron chi connectivity index (χ4n) is 3.77. The molecule has 1 aliphatic rings. The number of ether oxygens (including phenoxy) is 2. The lowest BCUT2D eigenvalue weighted by molar-refractivity contribution is -0.0227. The number of morpholine rings is 1. The van der Waals surface area contributed by atoms with Gasteiger partial charge in [-0.15, -0.1) is 0 Å². The average Bonchev–Trinajstić information content (AvgIpc) is 2.78. The molecule has 1 heterocycles. The van der Waals surface area contributed by atoms with E-state index in [1.54, 1.807) is 7.11 Å². The highest BCUT2D eigenvalue weighted by molar-refractivity contribution is 5.94. The highest BCUT2D eigenvalue weighted by atomic mass is 16.5. The number of hydrogen-bond donors (Lipinski definition) is 1. The summed E-state index contributed by atoms with van der Waals surface area (Å²) in [6.07, 6.45) is 0.692. The molecule has 0 radical (unpaired) electrons. The number of nitrogens with two attached hydrogens (primary N) is 1. The Morgan fingerprint density at radius 1 is 1.10 bits per heavy atom. The Balaban J connectivity index is 1.50. The van der Waals surface area contributed by atoms with Crippen LogP contribution in [0.5, 0.6) is 5.75 Å². The molecular formula is C24H26N2O3. The molecule has 1 fully saturated rings. The molecule has 29 heavy (non-hydrogen) atoms. The van der Waals surface area contributed by atoms with Crippen LogP contribution in [0.15, 0.2) is 60.7 Å². The van der Waals surface area contributed by atoms with Crippen LogP contribution in [-0.4, -0.2) is 44.2 Å². The molecule has 2 N–H and O–H groups in total. The van der Waals surface area contributed by atoms with Gasteiger partial charge in [0.25, 0.3) is 5.91 Å². The quantitative estimate of drug-likeness (QED) is 0.723. The minimum atomic E-state index is -0.129. The van der Waals surface area contributed by atoms with Crippen LogP contribution in [0.4, 0.5) is 0 Å². The van der Waals surface area contributed by atoms with Gasteiger partial charge in [0.05, 0.1) is 20.3 Å². The predicted molar refractivity (Wildman–Crippen MR) is 114 cm³/mol. The van der Waals surface area contributed by atoms with Crippen molar-refractivity contribution in [2.45, 2.75) is 12.5 Å². The van der Waals surface area contributed by atoms with Crippen LogP contribution in [0.2, 0.25) is 0 Å². The van der Waals surface area contributed by atoms with Crippen LogP contribution >= 0.6 is 0 Å². The van der Waals surface area contributed by atoms with Gasteiger partial charge in [-0.25, -0.2) is 0 Å². The molecule has 0 aliphatic carbocycles. The highest BCUT2D eigenvalue weighted by Gasteiger charge is 2.26. The van der Waals surface area contributed by atoms with Gasteiger partial charge in [0.1, 0.15) is 11.9 Å². The monoisotopic (exact) mass is 390 g/mol. The summed E-state index contributed by atoms with van der Waals surface area (Å²) in [5.74, 6) is 0.886. The first-order valence-corrected chi connectivity index (χ1v) is 9.95. The Morgan fingerprint density at radius 2 is 1.86 bits per heavy atom. The summed E-state index contributed by atoms with van der Waals surface area (Å²) in [5.41, 5.74) is 8.54. The maximum Gasteiger partial charge on any atom is 0.254 e. The smallest absolute Gasteiger partial charge is 0.254 e. The van der Waals surface area contributed by atoms with Gasteiger partial charge < -0.3 is 20.1 Å². The Hall–Kier alpha value is -2.89. The van der Waals surface area contributed by atoms with Crippen molar-refractivity contribution in [3.05, 3.63) is 77.4 Å². The molecule has 0 spiro atoms. The molecule has 0 aromatic heterocycles. The first-order valence-electron chi connectivity index (χ1n) is 9.95. The van der Waals surface area contributed by atoms with Crippen molar-refractivity contribution in [2.24, 2.45) is 5.73 Å². The van der Waals surface area contributed by atoms with E-state index in [0.29, 0.717) is 31.8 Å². The summed E-state index contributed by atoms with van der Waals surface area (Å²) in [6.45, 7) is 2.29. The lowest BCUT2D eigenvalue weighted by Gasteiger charge is -2.33. The molecule has 0 bridgehead atoms. The standard InChI is InChI=1S/C24H26N2O3/c1-28-22-9-8-19-14-21(7-6-20(19)15-22)23-16-26(12-13-29-23)24(27)18-4-2-17(3-5-18)10-11-25/h2-9,14-15,23H,10-13,16,25H2,1H3. The SMILES string of the molecule is COc1ccc2cc(C3CN(C(=O)c4ccc(CCN)cc4)CCO3)ccc2c1. The molecule has 5 heteroatoms. The van der Waals surface area contributed by atoms with Gasteiger partial charge in [0, 0.05) is 12.1 Å². The first-order chi connectivity index (χ1) is 14.2. The van der Waals surface area contributed by atoms with Crippen molar-refractivity contribution < 1.29 is 14.3 Å². The van der Waals surface area contributed by atoms with E-state index in [1.807, 2.05) is 47.4 Å². The fraction of sp³-hybridized carbons (Fsp3) is 0.292. The zero-order valence-corrected chi connectivity index (χ0v) is 16.6. The highest BCUT2D eigenvalue weighted by Crippen LogP contribution is 2.28. The molecule has 1 unspecified atom stereocenters. The number of fused-ring (bicyclic) bond motifs is 1. The Labute approximate surface area is 171 Å². The van der Waals surface area contributed by atoms with E-state index in [-0.39, 0.29) is 12.0 Å². The summed E-state index contributed by atoms with van der Waals surface area (Å²) in [4.78, 5) is 14.8. The number of nitrogens with zero attached hydrogens (tertiary/aromatic N) is 1. The molecule has 1 aliphatic heterocycles. The molecule has 3 aromatic rings. The van der Waals surface area contributed by atoms with Crippen LogP contribution in [0.3, 0.4) is 0 Å². The van der Waals surface area contributed by atoms with Crippen LogP contribution in [0, 0.1) is 0 Å². The van der Waals surface area contributed by atoms with E-state index < -0.39 is 0 Å². The molecule has 3 aromatic carbocycles. The van der Waals surface area contributed by atoms with Crippen LogP contribution in [0.1, 0.15) is 27.6 Å².